The van der Waals surface area contributed by atoms with Crippen molar-refractivity contribution in [2.75, 3.05) is 26.6 Å². The Bertz CT molecular complexity index is 606. The van der Waals surface area contributed by atoms with Gasteiger partial charge in [-0.05, 0) is 44.9 Å². The monoisotopic (exact) mass is 358 g/mol. The lowest BCUT2D eigenvalue weighted by Crippen LogP contribution is -2.28. The van der Waals surface area contributed by atoms with Crippen LogP contribution in [-0.2, 0) is 29.6 Å². The van der Waals surface area contributed by atoms with E-state index < -0.39 is 19.2 Å². The highest BCUT2D eigenvalue weighted by Gasteiger charge is 2.42. The molecule has 0 N–H and O–H groups in total. The topological polar surface area (TPSA) is 80.3 Å². The average molecular weight is 358 g/mol. The number of carbonyl (C=O) groups excluding carboxylic acids is 1. The second-order valence-corrected chi connectivity index (χ2v) is 7.25. The van der Waals surface area contributed by atoms with Crippen LogP contribution in [0.4, 0.5) is 0 Å². The quantitative estimate of drug-likeness (QED) is 0.495. The molecule has 2 rings (SSSR count). The maximum Gasteiger partial charge on any atom is 0.345 e. The van der Waals surface area contributed by atoms with Gasteiger partial charge in [-0.3, -0.25) is 9.36 Å². The van der Waals surface area contributed by atoms with Crippen molar-refractivity contribution < 1.29 is 32.6 Å². The molecule has 1 aromatic rings. The van der Waals surface area contributed by atoms with Crippen LogP contribution in [-0.4, -0.2) is 38.2 Å². The van der Waals surface area contributed by atoms with Gasteiger partial charge in [0.1, 0.15) is 0 Å². The molecule has 1 aromatic carbocycles. The molecule has 0 amide bonds. The van der Waals surface area contributed by atoms with Gasteiger partial charge in [0.05, 0.1) is 19.8 Å². The van der Waals surface area contributed by atoms with E-state index in [1.54, 1.807) is 39.0 Å². The summed E-state index contributed by atoms with van der Waals surface area (Å²) in [5, 5.41) is 0. The van der Waals surface area contributed by atoms with Crippen molar-refractivity contribution >= 4 is 13.6 Å². The van der Waals surface area contributed by atoms with Crippen LogP contribution < -0.4 is 9.47 Å². The maximum atomic E-state index is 13.1. The summed E-state index contributed by atoms with van der Waals surface area (Å²) < 4.78 is 39.4. The third kappa shape index (κ3) is 4.29. The number of esters is 1. The van der Waals surface area contributed by atoms with E-state index in [0.717, 1.165) is 5.56 Å². The van der Waals surface area contributed by atoms with E-state index in [0.29, 0.717) is 11.5 Å². The Hall–Kier alpha value is -1.56. The Morgan fingerprint density at radius 1 is 1.12 bits per heavy atom. The third-order valence-electron chi connectivity index (χ3n) is 3.42. The molecular formula is C16H23O7P. The zero-order valence-corrected chi connectivity index (χ0v) is 15.0. The molecule has 0 radical (unpaired) electrons. The summed E-state index contributed by atoms with van der Waals surface area (Å²) in [6.07, 6.45) is 0.159. The summed E-state index contributed by atoms with van der Waals surface area (Å²) in [6.45, 7) is 5.80. The van der Waals surface area contributed by atoms with Crippen molar-refractivity contribution in [2.24, 2.45) is 0 Å². The largest absolute Gasteiger partial charge is 0.465 e. The lowest BCUT2D eigenvalue weighted by Gasteiger charge is -2.25. The van der Waals surface area contributed by atoms with E-state index in [4.69, 9.17) is 23.3 Å². The van der Waals surface area contributed by atoms with Crippen molar-refractivity contribution in [2.45, 2.75) is 32.9 Å². The van der Waals surface area contributed by atoms with Gasteiger partial charge in [-0.1, -0.05) is 6.07 Å². The first-order chi connectivity index (χ1) is 11.5. The van der Waals surface area contributed by atoms with Gasteiger partial charge in [-0.2, -0.15) is 0 Å². The Morgan fingerprint density at radius 3 is 2.42 bits per heavy atom. The fourth-order valence-electron chi connectivity index (χ4n) is 2.43. The van der Waals surface area contributed by atoms with Gasteiger partial charge >= 0.3 is 13.6 Å². The molecule has 0 fully saturated rings. The second-order valence-electron chi connectivity index (χ2n) is 5.03. The Labute approximate surface area is 141 Å². The summed E-state index contributed by atoms with van der Waals surface area (Å²) >= 11 is 0. The normalized spacial score (nSPS) is 14.5. The molecule has 0 aromatic heterocycles. The molecule has 1 unspecified atom stereocenters. The molecule has 0 spiro atoms. The first kappa shape index (κ1) is 18.8. The molecular weight excluding hydrogens is 335 g/mol. The maximum absolute atomic E-state index is 13.1. The van der Waals surface area contributed by atoms with E-state index in [-0.39, 0.29) is 33.0 Å². The zero-order chi connectivity index (χ0) is 17.6. The van der Waals surface area contributed by atoms with Crippen LogP contribution in [0.15, 0.2) is 18.2 Å². The average Bonchev–Trinajstić information content (AvgIpc) is 3.00. The molecule has 1 atom stereocenters. The van der Waals surface area contributed by atoms with Crippen molar-refractivity contribution in [1.82, 2.24) is 0 Å². The minimum Gasteiger partial charge on any atom is -0.465 e. The number of carbonyl (C=O) groups is 1. The van der Waals surface area contributed by atoms with E-state index >= 15 is 0 Å². The molecule has 1 aliphatic heterocycles. The molecule has 7 nitrogen and oxygen atoms in total. The smallest absolute Gasteiger partial charge is 0.345 e. The number of benzene rings is 1. The van der Waals surface area contributed by atoms with Crippen molar-refractivity contribution in [1.29, 1.82) is 0 Å². The summed E-state index contributed by atoms with van der Waals surface area (Å²) in [6, 6.07) is 5.31. The van der Waals surface area contributed by atoms with E-state index in [1.807, 2.05) is 0 Å². The van der Waals surface area contributed by atoms with Gasteiger partial charge in [0.25, 0.3) is 0 Å². The van der Waals surface area contributed by atoms with Gasteiger partial charge in [-0.15, -0.1) is 0 Å². The van der Waals surface area contributed by atoms with Crippen molar-refractivity contribution in [3.05, 3.63) is 23.8 Å². The van der Waals surface area contributed by atoms with Gasteiger partial charge in [0, 0.05) is 0 Å². The molecule has 24 heavy (non-hydrogen) atoms. The lowest BCUT2D eigenvalue weighted by molar-refractivity contribution is -0.143. The van der Waals surface area contributed by atoms with Gasteiger partial charge in [0.15, 0.2) is 17.2 Å². The van der Waals surface area contributed by atoms with Crippen LogP contribution in [0.1, 0.15) is 26.3 Å². The highest BCUT2D eigenvalue weighted by molar-refractivity contribution is 7.55. The highest BCUT2D eigenvalue weighted by atomic mass is 31.2. The van der Waals surface area contributed by atoms with E-state index in [1.165, 1.54) is 0 Å². The van der Waals surface area contributed by atoms with Gasteiger partial charge in [0.2, 0.25) is 6.79 Å². The van der Waals surface area contributed by atoms with Crippen LogP contribution >= 0.6 is 7.60 Å². The Kier molecular flexibility index (Phi) is 6.66. The zero-order valence-electron chi connectivity index (χ0n) is 14.1. The summed E-state index contributed by atoms with van der Waals surface area (Å²) in [5.41, 5.74) is -0.269. The lowest BCUT2D eigenvalue weighted by atomic mass is 10.1. The SMILES string of the molecule is CCOC(=O)C(Cc1ccc2c(c1)OCO2)P(=O)(OCC)OCC. The number of hydrogen-bond acceptors (Lipinski definition) is 7. The molecule has 1 aliphatic rings. The van der Waals surface area contributed by atoms with E-state index in [9.17, 15) is 9.36 Å². The highest BCUT2D eigenvalue weighted by Crippen LogP contribution is 2.54. The van der Waals surface area contributed by atoms with Crippen LogP contribution in [0.2, 0.25) is 0 Å². The fraction of sp³-hybridized carbons (Fsp3) is 0.562. The predicted molar refractivity (Wildman–Crippen MR) is 87.5 cm³/mol. The van der Waals surface area contributed by atoms with E-state index in [2.05, 4.69) is 0 Å². The fourth-order valence-corrected chi connectivity index (χ4v) is 4.35. The van der Waals surface area contributed by atoms with Crippen LogP contribution in [0.25, 0.3) is 0 Å². The first-order valence-electron chi connectivity index (χ1n) is 7.98. The Morgan fingerprint density at radius 2 is 1.79 bits per heavy atom. The molecule has 0 bridgehead atoms. The summed E-state index contributed by atoms with van der Waals surface area (Å²) in [5.74, 6) is 0.641. The van der Waals surface area contributed by atoms with Gasteiger partial charge in [-0.25, -0.2) is 0 Å². The minimum absolute atomic E-state index is 0.159. The minimum atomic E-state index is -3.65. The van der Waals surface area contributed by atoms with Crippen molar-refractivity contribution in [3.63, 3.8) is 0 Å². The predicted octanol–water partition coefficient (Wildman–Crippen LogP) is 3.16. The number of rotatable bonds is 9. The third-order valence-corrected chi connectivity index (χ3v) is 5.82. The number of ether oxygens (including phenoxy) is 3. The van der Waals surface area contributed by atoms with Crippen LogP contribution in [0.3, 0.4) is 0 Å². The van der Waals surface area contributed by atoms with Crippen LogP contribution in [0, 0.1) is 0 Å². The number of hydrogen-bond donors (Lipinski definition) is 0. The first-order valence-corrected chi connectivity index (χ1v) is 9.59. The Balaban J connectivity index is 2.28. The molecule has 134 valence electrons. The summed E-state index contributed by atoms with van der Waals surface area (Å²) in [7, 11) is -3.65. The molecule has 8 heteroatoms. The molecule has 0 saturated carbocycles. The van der Waals surface area contributed by atoms with Gasteiger partial charge < -0.3 is 23.3 Å². The molecule has 0 saturated heterocycles. The summed E-state index contributed by atoms with van der Waals surface area (Å²) in [4.78, 5) is 12.4. The van der Waals surface area contributed by atoms with Crippen molar-refractivity contribution in [3.8, 4) is 11.5 Å². The molecule has 0 aliphatic carbocycles. The second kappa shape index (κ2) is 8.51. The number of fused-ring (bicyclic) bond motifs is 1. The van der Waals surface area contributed by atoms with Crippen LogP contribution in [0.5, 0.6) is 11.5 Å². The standard InChI is InChI=1S/C16H23O7P/c1-4-19-16(17)15(24(18,22-5-2)23-6-3)10-12-7-8-13-14(9-12)21-11-20-13/h7-9,15H,4-6,10-11H2,1-3H3. The molecule has 1 heterocycles.